The molecule has 2 heterocycles. The Hall–Kier alpha value is -3.23. The summed E-state index contributed by atoms with van der Waals surface area (Å²) in [6.45, 7) is 3.47. The summed E-state index contributed by atoms with van der Waals surface area (Å²) in [5.41, 5.74) is 6.55. The van der Waals surface area contributed by atoms with E-state index in [1.54, 1.807) is 49.0 Å². The molecule has 0 radical (unpaired) electrons. The van der Waals surface area contributed by atoms with Gasteiger partial charge in [-0.25, -0.2) is 13.8 Å². The van der Waals surface area contributed by atoms with Gasteiger partial charge in [0.05, 0.1) is 17.1 Å². The van der Waals surface area contributed by atoms with Crippen LogP contribution in [0.1, 0.15) is 19.7 Å². The Balaban J connectivity index is 1.78. The molecule has 0 bridgehead atoms. The van der Waals surface area contributed by atoms with Crippen molar-refractivity contribution in [1.29, 1.82) is 0 Å². The minimum absolute atomic E-state index is 0.0121. The first kappa shape index (κ1) is 21.0. The maximum absolute atomic E-state index is 14.0. The minimum Gasteiger partial charge on any atom is -0.339 e. The van der Waals surface area contributed by atoms with Gasteiger partial charge in [-0.3, -0.25) is 9.36 Å². The number of carbonyl (C=O) groups is 1. The van der Waals surface area contributed by atoms with Crippen LogP contribution >= 0.6 is 11.6 Å². The minimum atomic E-state index is -1.04. The molecular weight excluding hydrogens is 424 g/mol. The third-order valence-electron chi connectivity index (χ3n) is 4.80. The number of aromatic nitrogens is 2. The summed E-state index contributed by atoms with van der Waals surface area (Å²) < 4.78 is 29.2. The van der Waals surface area contributed by atoms with E-state index in [1.807, 2.05) is 0 Å². The van der Waals surface area contributed by atoms with Crippen LogP contribution in [0.25, 0.3) is 17.5 Å². The molecule has 1 aliphatic rings. The molecule has 3 N–H and O–H groups in total. The second-order valence-corrected chi connectivity index (χ2v) is 8.22. The summed E-state index contributed by atoms with van der Waals surface area (Å²) in [6.07, 6.45) is 3.30. The smallest absolute Gasteiger partial charge is 0.246 e. The third kappa shape index (κ3) is 4.17. The molecule has 1 amide bonds. The van der Waals surface area contributed by atoms with Crippen LogP contribution in [-0.4, -0.2) is 25.9 Å². The number of hydrogen-bond donors (Lipinski definition) is 2. The fourth-order valence-electron chi connectivity index (χ4n) is 3.25. The molecule has 1 aliphatic heterocycles. The Bertz CT molecular complexity index is 1180. The topological polar surface area (TPSA) is 76.2 Å². The van der Waals surface area contributed by atoms with Crippen LogP contribution in [0.5, 0.6) is 0 Å². The van der Waals surface area contributed by atoms with Gasteiger partial charge in [-0.05, 0) is 56.3 Å². The van der Waals surface area contributed by atoms with Crippen molar-refractivity contribution in [2.75, 3.05) is 5.32 Å². The largest absolute Gasteiger partial charge is 0.339 e. The summed E-state index contributed by atoms with van der Waals surface area (Å²) in [7, 11) is 0. The highest BCUT2D eigenvalue weighted by Gasteiger charge is 2.30. The SMILES string of the molecule is CC(C)(N)C(=O)N1C=Cn2c(nc(-c3ccc(F)cc3)c2Nc2ccc(Cl)c(F)c2)C1. The second kappa shape index (κ2) is 7.79. The molecular formula is C22H20ClF2N5O. The van der Waals surface area contributed by atoms with Crippen LogP contribution in [0.3, 0.4) is 0 Å². The lowest BCUT2D eigenvalue weighted by atomic mass is 10.1. The van der Waals surface area contributed by atoms with Crippen molar-refractivity contribution >= 4 is 35.2 Å². The van der Waals surface area contributed by atoms with E-state index in [4.69, 9.17) is 17.3 Å². The Morgan fingerprint density at radius 3 is 2.52 bits per heavy atom. The molecule has 0 aliphatic carbocycles. The molecule has 0 saturated carbocycles. The fraction of sp³-hybridized carbons (Fsp3) is 0.182. The lowest BCUT2D eigenvalue weighted by molar-refractivity contribution is -0.133. The van der Waals surface area contributed by atoms with Crippen molar-refractivity contribution in [3.63, 3.8) is 0 Å². The van der Waals surface area contributed by atoms with Crippen LogP contribution in [-0.2, 0) is 11.3 Å². The average molecular weight is 444 g/mol. The van der Waals surface area contributed by atoms with Crippen molar-refractivity contribution in [3.05, 3.63) is 71.1 Å². The molecule has 1 aromatic heterocycles. The number of benzene rings is 2. The van der Waals surface area contributed by atoms with Gasteiger partial charge in [-0.15, -0.1) is 0 Å². The van der Waals surface area contributed by atoms with Gasteiger partial charge in [-0.1, -0.05) is 11.6 Å². The molecule has 0 saturated heterocycles. The van der Waals surface area contributed by atoms with Gasteiger partial charge in [0, 0.05) is 23.7 Å². The number of halogens is 3. The zero-order valence-electron chi connectivity index (χ0n) is 16.9. The number of rotatable bonds is 4. The van der Waals surface area contributed by atoms with E-state index in [0.717, 1.165) is 0 Å². The van der Waals surface area contributed by atoms with Gasteiger partial charge in [0.1, 0.15) is 29.0 Å². The predicted molar refractivity (Wildman–Crippen MR) is 116 cm³/mol. The molecule has 0 fully saturated rings. The van der Waals surface area contributed by atoms with E-state index in [2.05, 4.69) is 10.3 Å². The monoisotopic (exact) mass is 443 g/mol. The van der Waals surface area contributed by atoms with Crippen LogP contribution in [0.15, 0.2) is 48.7 Å². The lowest BCUT2D eigenvalue weighted by Gasteiger charge is -2.28. The number of amides is 1. The quantitative estimate of drug-likeness (QED) is 0.611. The summed E-state index contributed by atoms with van der Waals surface area (Å²) in [6, 6.07) is 10.2. The van der Waals surface area contributed by atoms with Crippen LogP contribution in [0.2, 0.25) is 5.02 Å². The first-order valence-corrected chi connectivity index (χ1v) is 9.88. The average Bonchev–Trinajstić information content (AvgIpc) is 3.07. The zero-order valence-corrected chi connectivity index (χ0v) is 17.6. The van der Waals surface area contributed by atoms with Crippen molar-refractivity contribution in [2.24, 2.45) is 5.73 Å². The normalized spacial score (nSPS) is 13.3. The molecule has 3 aromatic rings. The highest BCUT2D eigenvalue weighted by atomic mass is 35.5. The van der Waals surface area contributed by atoms with E-state index in [0.29, 0.717) is 28.6 Å². The van der Waals surface area contributed by atoms with Crippen LogP contribution in [0.4, 0.5) is 20.3 Å². The molecule has 31 heavy (non-hydrogen) atoms. The molecule has 160 valence electrons. The van der Waals surface area contributed by atoms with E-state index >= 15 is 0 Å². The fourth-order valence-corrected chi connectivity index (χ4v) is 3.37. The van der Waals surface area contributed by atoms with E-state index in [1.165, 1.54) is 29.2 Å². The summed E-state index contributed by atoms with van der Waals surface area (Å²) in [5, 5.41) is 3.18. The van der Waals surface area contributed by atoms with Crippen molar-refractivity contribution in [1.82, 2.24) is 14.5 Å². The Morgan fingerprint density at radius 1 is 1.16 bits per heavy atom. The molecule has 0 spiro atoms. The summed E-state index contributed by atoms with van der Waals surface area (Å²) in [5.74, 6) is -0.0830. The molecule has 0 unspecified atom stereocenters. The van der Waals surface area contributed by atoms with Gasteiger partial charge in [0.25, 0.3) is 0 Å². The van der Waals surface area contributed by atoms with Gasteiger partial charge >= 0.3 is 0 Å². The van der Waals surface area contributed by atoms with Crippen molar-refractivity contribution in [2.45, 2.75) is 25.9 Å². The van der Waals surface area contributed by atoms with E-state index in [9.17, 15) is 13.6 Å². The molecule has 4 rings (SSSR count). The van der Waals surface area contributed by atoms with E-state index in [-0.39, 0.29) is 23.3 Å². The Labute approximate surface area is 182 Å². The maximum atomic E-state index is 14.0. The molecule has 2 aromatic carbocycles. The molecule has 6 nitrogen and oxygen atoms in total. The van der Waals surface area contributed by atoms with Gasteiger partial charge in [-0.2, -0.15) is 0 Å². The summed E-state index contributed by atoms with van der Waals surface area (Å²) >= 11 is 5.79. The standard InChI is InChI=1S/C22H20ClF2N5O/c1-22(2,26)21(31)29-9-10-30-18(12-29)28-19(13-3-5-14(24)6-4-13)20(30)27-15-7-8-16(23)17(25)11-15/h3-11,27H,12,26H2,1-2H3. The predicted octanol–water partition coefficient (Wildman–Crippen LogP) is 4.73. The van der Waals surface area contributed by atoms with Crippen LogP contribution < -0.4 is 11.1 Å². The first-order valence-electron chi connectivity index (χ1n) is 9.51. The van der Waals surface area contributed by atoms with E-state index < -0.39 is 11.4 Å². The van der Waals surface area contributed by atoms with Gasteiger partial charge in [0.15, 0.2) is 0 Å². The number of nitrogens with zero attached hydrogens (tertiary/aromatic N) is 3. The summed E-state index contributed by atoms with van der Waals surface area (Å²) in [4.78, 5) is 18.8. The third-order valence-corrected chi connectivity index (χ3v) is 5.11. The van der Waals surface area contributed by atoms with Crippen LogP contribution in [0, 0.1) is 11.6 Å². The molecule has 0 atom stereocenters. The zero-order chi connectivity index (χ0) is 22.3. The second-order valence-electron chi connectivity index (χ2n) is 7.81. The van der Waals surface area contributed by atoms with Gasteiger partial charge in [0.2, 0.25) is 5.91 Å². The first-order chi connectivity index (χ1) is 14.6. The van der Waals surface area contributed by atoms with Gasteiger partial charge < -0.3 is 16.0 Å². The van der Waals surface area contributed by atoms with Crippen molar-refractivity contribution in [3.8, 4) is 11.3 Å². The number of imidazole rings is 1. The number of anilines is 2. The Morgan fingerprint density at radius 2 is 1.87 bits per heavy atom. The number of nitrogens with two attached hydrogens (primary N) is 1. The number of fused-ring (bicyclic) bond motifs is 1. The Kier molecular flexibility index (Phi) is 5.28. The number of carbonyl (C=O) groups excluding carboxylic acids is 1. The number of hydrogen-bond acceptors (Lipinski definition) is 4. The highest BCUT2D eigenvalue weighted by molar-refractivity contribution is 6.30. The maximum Gasteiger partial charge on any atom is 0.246 e. The lowest BCUT2D eigenvalue weighted by Crippen LogP contribution is -2.49. The number of nitrogens with one attached hydrogen (secondary N) is 1. The van der Waals surface area contributed by atoms with Crippen molar-refractivity contribution < 1.29 is 13.6 Å². The highest BCUT2D eigenvalue weighted by Crippen LogP contribution is 2.34. The molecule has 9 heteroatoms.